The van der Waals surface area contributed by atoms with Gasteiger partial charge in [0.05, 0.1) is 12.0 Å². The molecule has 2 rings (SSSR count). The zero-order valence-electron chi connectivity index (χ0n) is 10.4. The molecule has 0 aliphatic heterocycles. The monoisotopic (exact) mass is 236 g/mol. The summed E-state index contributed by atoms with van der Waals surface area (Å²) in [4.78, 5) is 0. The molecule has 90 valence electrons. The lowest BCUT2D eigenvalue weighted by Crippen LogP contribution is -2.08. The summed E-state index contributed by atoms with van der Waals surface area (Å²) in [6.07, 6.45) is 0. The fourth-order valence-electron chi connectivity index (χ4n) is 1.73. The summed E-state index contributed by atoms with van der Waals surface area (Å²) in [6, 6.07) is 20.8. The summed E-state index contributed by atoms with van der Waals surface area (Å²) in [7, 11) is 0. The molecule has 0 saturated carbocycles. The van der Waals surface area contributed by atoms with Gasteiger partial charge in [0.25, 0.3) is 0 Å². The normalized spacial score (nSPS) is 11.6. The third-order valence-corrected chi connectivity index (χ3v) is 2.82. The lowest BCUT2D eigenvalue weighted by atomic mass is 10.1. The first-order valence-corrected chi connectivity index (χ1v) is 6.08. The standard InChI is InChI=1S/C16H16N2/c1-13(11-17)12-18-16-9-7-15(8-10-16)14-5-3-2-4-6-14/h2-10,13,18H,12H2,1H3. The van der Waals surface area contributed by atoms with E-state index in [0.29, 0.717) is 6.54 Å². The molecule has 18 heavy (non-hydrogen) atoms. The predicted octanol–water partition coefficient (Wildman–Crippen LogP) is 3.93. The van der Waals surface area contributed by atoms with E-state index in [1.54, 1.807) is 0 Å². The van der Waals surface area contributed by atoms with Crippen molar-refractivity contribution in [2.75, 3.05) is 11.9 Å². The van der Waals surface area contributed by atoms with Gasteiger partial charge < -0.3 is 5.32 Å². The number of nitriles is 1. The zero-order chi connectivity index (χ0) is 12.8. The van der Waals surface area contributed by atoms with Crippen LogP contribution in [-0.4, -0.2) is 6.54 Å². The molecular formula is C16H16N2. The Morgan fingerprint density at radius 2 is 1.61 bits per heavy atom. The van der Waals surface area contributed by atoms with E-state index < -0.39 is 0 Å². The van der Waals surface area contributed by atoms with Crippen molar-refractivity contribution < 1.29 is 0 Å². The molecule has 1 N–H and O–H groups in total. The Morgan fingerprint density at radius 3 is 2.22 bits per heavy atom. The summed E-state index contributed by atoms with van der Waals surface area (Å²) < 4.78 is 0. The molecule has 2 aromatic rings. The van der Waals surface area contributed by atoms with E-state index in [4.69, 9.17) is 5.26 Å². The van der Waals surface area contributed by atoms with Crippen LogP contribution in [0.3, 0.4) is 0 Å². The third kappa shape index (κ3) is 3.11. The van der Waals surface area contributed by atoms with Crippen LogP contribution in [0, 0.1) is 17.2 Å². The highest BCUT2D eigenvalue weighted by atomic mass is 14.9. The van der Waals surface area contributed by atoms with E-state index in [2.05, 4.69) is 35.7 Å². The maximum absolute atomic E-state index is 8.72. The van der Waals surface area contributed by atoms with E-state index in [1.165, 1.54) is 11.1 Å². The van der Waals surface area contributed by atoms with Crippen molar-refractivity contribution in [3.05, 3.63) is 54.6 Å². The third-order valence-electron chi connectivity index (χ3n) is 2.82. The van der Waals surface area contributed by atoms with Gasteiger partial charge in [0, 0.05) is 12.2 Å². The average molecular weight is 236 g/mol. The molecule has 0 bridgehead atoms. The van der Waals surface area contributed by atoms with E-state index in [0.717, 1.165) is 5.69 Å². The Morgan fingerprint density at radius 1 is 1.00 bits per heavy atom. The smallest absolute Gasteiger partial charge is 0.0671 e. The minimum absolute atomic E-state index is 0.0267. The first-order chi connectivity index (χ1) is 8.79. The molecule has 0 spiro atoms. The van der Waals surface area contributed by atoms with Gasteiger partial charge in [0.1, 0.15) is 0 Å². The van der Waals surface area contributed by atoms with Crippen LogP contribution in [0.4, 0.5) is 5.69 Å². The van der Waals surface area contributed by atoms with Crippen LogP contribution in [0.15, 0.2) is 54.6 Å². The summed E-state index contributed by atoms with van der Waals surface area (Å²) in [5.41, 5.74) is 3.47. The number of hydrogen-bond donors (Lipinski definition) is 1. The van der Waals surface area contributed by atoms with Crippen LogP contribution < -0.4 is 5.32 Å². The van der Waals surface area contributed by atoms with Crippen LogP contribution in [0.25, 0.3) is 11.1 Å². The molecule has 0 amide bonds. The molecule has 0 fully saturated rings. The van der Waals surface area contributed by atoms with E-state index in [9.17, 15) is 0 Å². The van der Waals surface area contributed by atoms with Gasteiger partial charge >= 0.3 is 0 Å². The quantitative estimate of drug-likeness (QED) is 0.873. The molecule has 0 aliphatic rings. The summed E-state index contributed by atoms with van der Waals surface area (Å²) in [6.45, 7) is 2.59. The van der Waals surface area contributed by atoms with Gasteiger partial charge in [-0.2, -0.15) is 5.26 Å². The Labute approximate surface area is 108 Å². The second kappa shape index (κ2) is 5.88. The fourth-order valence-corrected chi connectivity index (χ4v) is 1.73. The number of hydrogen-bond acceptors (Lipinski definition) is 2. The van der Waals surface area contributed by atoms with Crippen molar-refractivity contribution in [3.63, 3.8) is 0 Å². The Bertz CT molecular complexity index is 523. The average Bonchev–Trinajstić information content (AvgIpc) is 2.46. The van der Waals surface area contributed by atoms with Gasteiger partial charge in [-0.1, -0.05) is 42.5 Å². The van der Waals surface area contributed by atoms with Gasteiger partial charge in [-0.25, -0.2) is 0 Å². The molecule has 0 heterocycles. The lowest BCUT2D eigenvalue weighted by Gasteiger charge is -2.08. The van der Waals surface area contributed by atoms with Crippen LogP contribution in [-0.2, 0) is 0 Å². The molecule has 0 saturated heterocycles. The number of anilines is 1. The zero-order valence-corrected chi connectivity index (χ0v) is 10.4. The molecule has 0 radical (unpaired) electrons. The van der Waals surface area contributed by atoms with E-state index >= 15 is 0 Å². The van der Waals surface area contributed by atoms with E-state index in [-0.39, 0.29) is 5.92 Å². The van der Waals surface area contributed by atoms with Crippen LogP contribution in [0.5, 0.6) is 0 Å². The molecule has 2 heteroatoms. The highest BCUT2D eigenvalue weighted by molar-refractivity contribution is 5.65. The number of benzene rings is 2. The minimum atomic E-state index is 0.0267. The van der Waals surface area contributed by atoms with E-state index in [1.807, 2.05) is 37.3 Å². The fraction of sp³-hybridized carbons (Fsp3) is 0.188. The van der Waals surface area contributed by atoms with Gasteiger partial charge in [-0.15, -0.1) is 0 Å². The Kier molecular flexibility index (Phi) is 3.98. The lowest BCUT2D eigenvalue weighted by molar-refractivity contribution is 0.786. The Hall–Kier alpha value is -2.27. The molecular weight excluding hydrogens is 220 g/mol. The predicted molar refractivity (Wildman–Crippen MR) is 75.1 cm³/mol. The second-order valence-corrected chi connectivity index (χ2v) is 4.35. The topological polar surface area (TPSA) is 35.8 Å². The van der Waals surface area contributed by atoms with Crippen molar-refractivity contribution in [3.8, 4) is 17.2 Å². The summed E-state index contributed by atoms with van der Waals surface area (Å²) in [5, 5.41) is 12.0. The second-order valence-electron chi connectivity index (χ2n) is 4.35. The molecule has 0 aliphatic carbocycles. The van der Waals surface area contributed by atoms with Crippen molar-refractivity contribution in [1.82, 2.24) is 0 Å². The number of nitrogens with one attached hydrogen (secondary N) is 1. The highest BCUT2D eigenvalue weighted by Crippen LogP contribution is 2.20. The largest absolute Gasteiger partial charge is 0.384 e. The SMILES string of the molecule is CC(C#N)CNc1ccc(-c2ccccc2)cc1. The van der Waals surface area contributed by atoms with Crippen LogP contribution >= 0.6 is 0 Å². The first-order valence-electron chi connectivity index (χ1n) is 6.08. The van der Waals surface area contributed by atoms with Crippen molar-refractivity contribution >= 4 is 5.69 Å². The summed E-state index contributed by atoms with van der Waals surface area (Å²) >= 11 is 0. The van der Waals surface area contributed by atoms with Gasteiger partial charge in [-0.05, 0) is 30.2 Å². The maximum atomic E-state index is 8.72. The van der Waals surface area contributed by atoms with Gasteiger partial charge in [0.2, 0.25) is 0 Å². The highest BCUT2D eigenvalue weighted by Gasteiger charge is 2.00. The number of nitrogens with zero attached hydrogens (tertiary/aromatic N) is 1. The van der Waals surface area contributed by atoms with Gasteiger partial charge in [-0.3, -0.25) is 0 Å². The number of rotatable bonds is 4. The first kappa shape index (κ1) is 12.2. The molecule has 2 aromatic carbocycles. The maximum Gasteiger partial charge on any atom is 0.0671 e. The minimum Gasteiger partial charge on any atom is -0.384 e. The molecule has 2 nitrogen and oxygen atoms in total. The molecule has 1 atom stereocenters. The van der Waals surface area contributed by atoms with Crippen LogP contribution in [0.1, 0.15) is 6.92 Å². The van der Waals surface area contributed by atoms with Crippen LogP contribution in [0.2, 0.25) is 0 Å². The van der Waals surface area contributed by atoms with Crippen molar-refractivity contribution in [2.24, 2.45) is 5.92 Å². The molecule has 0 aromatic heterocycles. The van der Waals surface area contributed by atoms with Gasteiger partial charge in [0.15, 0.2) is 0 Å². The summed E-state index contributed by atoms with van der Waals surface area (Å²) in [5.74, 6) is 0.0267. The Balaban J connectivity index is 2.05. The van der Waals surface area contributed by atoms with Crippen molar-refractivity contribution in [1.29, 1.82) is 5.26 Å². The molecule has 1 unspecified atom stereocenters. The van der Waals surface area contributed by atoms with Crippen molar-refractivity contribution in [2.45, 2.75) is 6.92 Å².